The van der Waals surface area contributed by atoms with Crippen LogP contribution in [0, 0.1) is 11.5 Å². The lowest BCUT2D eigenvalue weighted by atomic mass is 9.91. The normalized spacial score (nSPS) is 18.3. The van der Waals surface area contributed by atoms with Crippen molar-refractivity contribution in [1.82, 2.24) is 40.5 Å². The number of anilines is 3. The lowest BCUT2D eigenvalue weighted by molar-refractivity contribution is -0.120. The Morgan fingerprint density at radius 3 is 1.59 bits per heavy atom. The summed E-state index contributed by atoms with van der Waals surface area (Å²) >= 11 is 0. The number of hydrogen-bond donors (Lipinski definition) is 6. The maximum Gasteiger partial charge on any atom is 0.407 e. The molecule has 0 atom stereocenters. The molecule has 2 amide bonds. The van der Waals surface area contributed by atoms with E-state index in [4.69, 9.17) is 40.9 Å². The molecule has 0 radical (unpaired) electrons. The molecule has 0 unspecified atom stereocenters. The number of alkyl carbamates (subject to hydrolysis) is 1. The number of nitrogens with two attached hydrogens (primary N) is 2. The third kappa shape index (κ3) is 16.1. The van der Waals surface area contributed by atoms with E-state index < -0.39 is 5.60 Å². The van der Waals surface area contributed by atoms with Crippen LogP contribution in [0.25, 0.3) is 44.1 Å². The highest BCUT2D eigenvalue weighted by Gasteiger charge is 2.27. The van der Waals surface area contributed by atoms with Gasteiger partial charge in [-0.25, -0.2) is 34.7 Å². The molecular weight excluding hydrogens is 1050 g/mol. The Hall–Kier alpha value is -9.15. The van der Waals surface area contributed by atoms with Gasteiger partial charge in [0.2, 0.25) is 29.6 Å². The molecule has 19 nitrogen and oxygen atoms in total. The smallest absolute Gasteiger partial charge is 0.407 e. The molecule has 4 saturated carbocycles. The lowest BCUT2D eigenvalue weighted by Crippen LogP contribution is -2.42. The molecule has 4 aliphatic rings. The number of ether oxygens (including phenoxy) is 4. The molecule has 0 aliphatic heterocycles. The predicted octanol–water partition coefficient (Wildman–Crippen LogP) is 11.9. The standard InChI is InChI=1S/C30H34N6O3.C30H32N6O2.C4H5NO/c1-30(2,3)39-29(37)35-20-12-10-19(11-13-20)34-28-33-18-16-25(36-28)23-9-6-17-32-27(23)38-26-15-14-24(31)21-7-4-5-8-22(21)26;31-20-8-10-22(11-9-20)35-30-33-17-15-26(36-30)25-6-3-16-32-29(25)38-27-14-7-19(18-28(37)34-21-12-13-21)23-4-1-2-5-24(23)27;5-3-6-4-1-2-4/h4-9,14-20H,10-13,31H2,1-3H3,(H,35,37)(H,33,34,36);1-7,14-17,20-22H,8-13,18,31H2,(H,34,37)(H,33,35,36);4H,1-2H2. The van der Waals surface area contributed by atoms with Gasteiger partial charge in [0.15, 0.2) is 0 Å². The molecular formula is C64H71N13O6. The Balaban J connectivity index is 0.000000168. The zero-order valence-corrected chi connectivity index (χ0v) is 47.1. The first-order valence-corrected chi connectivity index (χ1v) is 28.6. The topological polar surface area (TPSA) is 272 Å². The van der Waals surface area contributed by atoms with Gasteiger partial charge in [0.25, 0.3) is 6.26 Å². The maximum atomic E-state index is 12.5. The van der Waals surface area contributed by atoms with E-state index in [1.54, 1.807) is 31.0 Å². The minimum Gasteiger partial charge on any atom is -0.444 e. The van der Waals surface area contributed by atoms with Crippen LogP contribution >= 0.6 is 0 Å². The van der Waals surface area contributed by atoms with Crippen LogP contribution in [0.1, 0.15) is 103 Å². The molecule has 0 saturated heterocycles. The number of nitrogens with zero attached hydrogens (tertiary/aromatic N) is 7. The molecule has 0 spiro atoms. The van der Waals surface area contributed by atoms with Crippen LogP contribution in [0.5, 0.6) is 23.3 Å². The largest absolute Gasteiger partial charge is 0.444 e. The summed E-state index contributed by atoms with van der Waals surface area (Å²) in [5.41, 5.74) is 16.4. The molecule has 8 aromatic rings. The van der Waals surface area contributed by atoms with Crippen molar-refractivity contribution in [3.63, 3.8) is 0 Å². The molecule has 4 aromatic heterocycles. The summed E-state index contributed by atoms with van der Waals surface area (Å²) in [4.78, 5) is 52.1. The highest BCUT2D eigenvalue weighted by molar-refractivity contribution is 5.97. The summed E-state index contributed by atoms with van der Waals surface area (Å²) in [6, 6.07) is 36.0. The van der Waals surface area contributed by atoms with E-state index in [-0.39, 0.29) is 30.2 Å². The first-order valence-electron chi connectivity index (χ1n) is 28.6. The van der Waals surface area contributed by atoms with Crippen molar-refractivity contribution in [3.8, 4) is 52.0 Å². The van der Waals surface area contributed by atoms with E-state index in [0.717, 1.165) is 121 Å². The minimum atomic E-state index is -0.507. The maximum absolute atomic E-state index is 12.5. The zero-order chi connectivity index (χ0) is 57.7. The first kappa shape index (κ1) is 57.1. The van der Waals surface area contributed by atoms with Crippen molar-refractivity contribution in [2.45, 2.75) is 146 Å². The molecule has 4 fully saturated rings. The van der Waals surface area contributed by atoms with E-state index in [0.29, 0.717) is 71.1 Å². The number of hydrogen-bond acceptors (Lipinski definition) is 17. The van der Waals surface area contributed by atoms with E-state index in [9.17, 15) is 9.59 Å². The highest BCUT2D eigenvalue weighted by atomic mass is 16.6. The summed E-state index contributed by atoms with van der Waals surface area (Å²) in [5, 5.41) is 24.6. The Morgan fingerprint density at radius 1 is 0.566 bits per heavy atom. The Bertz CT molecular complexity index is 3570. The quantitative estimate of drug-likeness (QED) is 0.0411. The molecule has 4 aliphatic carbocycles. The second-order valence-corrected chi connectivity index (χ2v) is 22.4. The predicted molar refractivity (Wildman–Crippen MR) is 320 cm³/mol. The van der Waals surface area contributed by atoms with Gasteiger partial charge in [-0.2, -0.15) is 5.26 Å². The summed E-state index contributed by atoms with van der Waals surface area (Å²) in [5.74, 6) is 3.46. The van der Waals surface area contributed by atoms with Gasteiger partial charge in [-0.3, -0.25) is 4.79 Å². The second-order valence-electron chi connectivity index (χ2n) is 22.4. The third-order valence-corrected chi connectivity index (χ3v) is 14.6. The van der Waals surface area contributed by atoms with Crippen molar-refractivity contribution in [2.75, 3.05) is 16.4 Å². The highest BCUT2D eigenvalue weighted by Crippen LogP contribution is 2.38. The molecule has 8 N–H and O–H groups in total. The molecule has 19 heteroatoms. The molecule has 83 heavy (non-hydrogen) atoms. The summed E-state index contributed by atoms with van der Waals surface area (Å²) in [6.45, 7) is 5.59. The van der Waals surface area contributed by atoms with Crippen LogP contribution in [-0.4, -0.2) is 83.8 Å². The van der Waals surface area contributed by atoms with Gasteiger partial charge in [-0.15, -0.1) is 0 Å². The fourth-order valence-corrected chi connectivity index (χ4v) is 10.1. The van der Waals surface area contributed by atoms with Gasteiger partial charge < -0.3 is 51.7 Å². The lowest BCUT2D eigenvalue weighted by Gasteiger charge is -2.30. The van der Waals surface area contributed by atoms with Crippen molar-refractivity contribution in [2.24, 2.45) is 5.73 Å². The fourth-order valence-electron chi connectivity index (χ4n) is 10.1. The average Bonchev–Trinajstić information content (AvgIpc) is 4.65. The number of nitriles is 1. The summed E-state index contributed by atoms with van der Waals surface area (Å²) < 4.78 is 22.6. The Kier molecular flexibility index (Phi) is 18.3. The van der Waals surface area contributed by atoms with E-state index >= 15 is 0 Å². The number of amides is 2. The Morgan fingerprint density at radius 2 is 1.06 bits per heavy atom. The monoisotopic (exact) mass is 1120 g/mol. The number of rotatable bonds is 15. The molecule has 0 bridgehead atoms. The molecule has 428 valence electrons. The number of pyridine rings is 2. The van der Waals surface area contributed by atoms with Gasteiger partial charge in [0, 0.05) is 76.8 Å². The van der Waals surface area contributed by atoms with Crippen LogP contribution in [0.4, 0.5) is 22.4 Å². The molecule has 12 rings (SSSR count). The first-order chi connectivity index (χ1) is 40.3. The summed E-state index contributed by atoms with van der Waals surface area (Å²) in [6.07, 6.45) is 20.6. The van der Waals surface area contributed by atoms with Crippen LogP contribution in [0.3, 0.4) is 0 Å². The number of nitrogen functional groups attached to an aromatic ring is 1. The SMILES string of the molecule is CC(C)(C)OC(=O)NC1CCC(Nc2nccc(-c3cccnc3Oc3ccc(N)c4ccccc34)n2)CC1.N#COC1CC1.NC1CCC(Nc2nccc(-c3cccnc3Oc3ccc(CC(=O)NC4CC4)c4ccccc34)n2)CC1. The van der Waals surface area contributed by atoms with Gasteiger partial charge in [0.1, 0.15) is 23.2 Å². The van der Waals surface area contributed by atoms with Crippen molar-refractivity contribution in [1.29, 1.82) is 5.26 Å². The number of carbonyl (C=O) groups is 2. The number of nitrogens with one attached hydrogen (secondary N) is 4. The zero-order valence-electron chi connectivity index (χ0n) is 47.1. The van der Waals surface area contributed by atoms with Gasteiger partial charge in [-0.1, -0.05) is 54.6 Å². The van der Waals surface area contributed by atoms with E-state index in [1.165, 1.54) is 0 Å². The fraction of sp³-hybridized carbons (Fsp3) is 0.359. The number of aromatic nitrogens is 6. The van der Waals surface area contributed by atoms with Crippen LogP contribution in [0.15, 0.2) is 134 Å². The van der Waals surface area contributed by atoms with E-state index in [2.05, 4.69) is 45.9 Å². The molecule has 4 heterocycles. The number of carbonyl (C=O) groups excluding carboxylic acids is 2. The second kappa shape index (κ2) is 26.6. The summed E-state index contributed by atoms with van der Waals surface area (Å²) in [7, 11) is 0. The van der Waals surface area contributed by atoms with E-state index in [1.807, 2.05) is 130 Å². The average molecular weight is 1120 g/mol. The van der Waals surface area contributed by atoms with Crippen LogP contribution in [-0.2, 0) is 20.7 Å². The van der Waals surface area contributed by atoms with Gasteiger partial charge >= 0.3 is 6.09 Å². The van der Waals surface area contributed by atoms with Crippen LogP contribution < -0.4 is 42.2 Å². The minimum absolute atomic E-state index is 0.0579. The van der Waals surface area contributed by atoms with Crippen LogP contribution in [0.2, 0.25) is 0 Å². The van der Waals surface area contributed by atoms with Gasteiger partial charge in [-0.05, 0) is 163 Å². The Labute approximate surface area is 483 Å². The molecule has 4 aromatic carbocycles. The third-order valence-electron chi connectivity index (χ3n) is 14.6. The number of benzene rings is 4. The van der Waals surface area contributed by atoms with Crippen molar-refractivity contribution < 1.29 is 28.5 Å². The van der Waals surface area contributed by atoms with Crippen molar-refractivity contribution >= 4 is 51.1 Å². The van der Waals surface area contributed by atoms with Gasteiger partial charge in [0.05, 0.1) is 28.9 Å². The number of fused-ring (bicyclic) bond motifs is 2. The van der Waals surface area contributed by atoms with Crippen molar-refractivity contribution in [3.05, 3.63) is 140 Å².